The molecule has 1 aliphatic heterocycles. The fourth-order valence-corrected chi connectivity index (χ4v) is 7.00. The first-order valence-electron chi connectivity index (χ1n) is 13.2. The van der Waals surface area contributed by atoms with Crippen molar-refractivity contribution < 1.29 is 32.9 Å². The molecule has 0 spiro atoms. The second-order valence-corrected chi connectivity index (χ2v) is 12.1. The number of hydrogen-bond donors (Lipinski definition) is 1. The molecule has 1 aromatic heterocycles. The minimum absolute atomic E-state index is 0.179. The third kappa shape index (κ3) is 7.43. The van der Waals surface area contributed by atoms with E-state index >= 15 is 0 Å². The van der Waals surface area contributed by atoms with E-state index in [-0.39, 0.29) is 23.8 Å². The fourth-order valence-electron chi connectivity index (χ4n) is 4.22. The molecule has 216 valence electrons. The van der Waals surface area contributed by atoms with E-state index in [1.165, 1.54) is 11.3 Å². The summed E-state index contributed by atoms with van der Waals surface area (Å²) >= 11 is 7.39. The van der Waals surface area contributed by atoms with Gasteiger partial charge in [-0.25, -0.2) is 9.59 Å². The monoisotopic (exact) mass is 623 g/mol. The van der Waals surface area contributed by atoms with Crippen LogP contribution in [-0.2, 0) is 23.3 Å². The van der Waals surface area contributed by atoms with E-state index in [4.69, 9.17) is 30.1 Å². The Labute approximate surface area is 253 Å². The molecule has 1 fully saturated rings. The van der Waals surface area contributed by atoms with Gasteiger partial charge >= 0.3 is 11.9 Å². The summed E-state index contributed by atoms with van der Waals surface area (Å²) < 4.78 is 22.6. The molecule has 42 heavy (non-hydrogen) atoms. The lowest BCUT2D eigenvalue weighted by Gasteiger charge is -2.30. The molecule has 0 aliphatic carbocycles. The van der Waals surface area contributed by atoms with Crippen molar-refractivity contribution in [3.05, 3.63) is 107 Å². The highest BCUT2D eigenvalue weighted by Gasteiger charge is 2.28. The molecule has 0 radical (unpaired) electrons. The Hall–Kier alpha value is -3.59. The summed E-state index contributed by atoms with van der Waals surface area (Å²) in [6.07, 6.45) is 0.507. The maximum absolute atomic E-state index is 12.8. The van der Waals surface area contributed by atoms with Gasteiger partial charge in [0.25, 0.3) is 5.91 Å². The highest BCUT2D eigenvalue weighted by molar-refractivity contribution is 7.56. The lowest BCUT2D eigenvalue weighted by Crippen LogP contribution is -2.22. The zero-order chi connectivity index (χ0) is 29.5. The molecule has 4 aromatic rings. The predicted molar refractivity (Wildman–Crippen MR) is 163 cm³/mol. The molecular weight excluding hydrogens is 597 g/mol. The molecule has 2 heterocycles. The van der Waals surface area contributed by atoms with Gasteiger partial charge in [-0.05, 0) is 54.4 Å². The third-order valence-electron chi connectivity index (χ3n) is 6.20. The van der Waals surface area contributed by atoms with Gasteiger partial charge in [0, 0.05) is 21.6 Å². The van der Waals surface area contributed by atoms with Crippen LogP contribution in [0.1, 0.15) is 45.7 Å². The number of esters is 2. The summed E-state index contributed by atoms with van der Waals surface area (Å²) in [5.74, 6) is -1.81. The van der Waals surface area contributed by atoms with E-state index in [1.54, 1.807) is 31.2 Å². The Morgan fingerprint density at radius 1 is 0.976 bits per heavy atom. The first-order chi connectivity index (χ1) is 20.4. The highest BCUT2D eigenvalue weighted by Crippen LogP contribution is 2.48. The van der Waals surface area contributed by atoms with E-state index in [1.807, 2.05) is 60.7 Å². The zero-order valence-electron chi connectivity index (χ0n) is 22.6. The van der Waals surface area contributed by atoms with Crippen molar-refractivity contribution in [2.75, 3.05) is 25.1 Å². The molecule has 11 heteroatoms. The lowest BCUT2D eigenvalue weighted by atomic mass is 10.1. The topological polar surface area (TPSA) is 100 Å². The fraction of sp³-hybridized carbons (Fsp3) is 0.194. The molecular formula is C31H27ClNO7PS. The lowest BCUT2D eigenvalue weighted by molar-refractivity contribution is -0.119. The van der Waals surface area contributed by atoms with Crippen LogP contribution in [-0.4, -0.2) is 37.7 Å². The summed E-state index contributed by atoms with van der Waals surface area (Å²) in [6, 6.07) is 25.5. The average Bonchev–Trinajstić information content (AvgIpc) is 3.44. The van der Waals surface area contributed by atoms with E-state index in [2.05, 4.69) is 5.32 Å². The SMILES string of the molecule is CCOC(=O)c1cc(-c2ccccc2)sc1NC(=O)COC(=O)c1cccc(P2OCCC(c3cccc(Cl)c3)O2)c1. The van der Waals surface area contributed by atoms with Crippen molar-refractivity contribution in [1.29, 1.82) is 0 Å². The maximum Gasteiger partial charge on any atom is 0.341 e. The first-order valence-corrected chi connectivity index (χ1v) is 15.6. The molecule has 5 rings (SSSR count). The number of benzene rings is 3. The van der Waals surface area contributed by atoms with E-state index in [0.717, 1.165) is 16.0 Å². The number of hydrogen-bond acceptors (Lipinski definition) is 8. The average molecular weight is 624 g/mol. The van der Waals surface area contributed by atoms with E-state index < -0.39 is 32.8 Å². The van der Waals surface area contributed by atoms with Crippen molar-refractivity contribution >= 4 is 59.5 Å². The summed E-state index contributed by atoms with van der Waals surface area (Å²) in [5, 5.41) is 4.35. The number of anilines is 1. The Morgan fingerprint density at radius 3 is 2.57 bits per heavy atom. The Bertz CT molecular complexity index is 1580. The molecule has 0 saturated carbocycles. The number of carbonyl (C=O) groups is 3. The standard InChI is InChI=1S/C31H27ClNO7PS/c1-2-37-31(36)25-18-27(20-8-4-3-5-9-20)42-29(25)33-28(34)19-38-30(35)22-11-7-13-24(17-22)41-39-15-14-26(40-41)21-10-6-12-23(32)16-21/h3-13,16-18,26H,2,14-15,19H2,1H3,(H,33,34). The molecule has 1 N–H and O–H groups in total. The molecule has 3 aromatic carbocycles. The summed E-state index contributed by atoms with van der Waals surface area (Å²) in [6.45, 7) is 1.86. The van der Waals surface area contributed by atoms with Crippen molar-refractivity contribution in [3.8, 4) is 10.4 Å². The van der Waals surface area contributed by atoms with Crippen LogP contribution in [0.25, 0.3) is 10.4 Å². The number of rotatable bonds is 9. The van der Waals surface area contributed by atoms with Gasteiger partial charge in [0.1, 0.15) is 5.00 Å². The molecule has 2 atom stereocenters. The molecule has 0 bridgehead atoms. The maximum atomic E-state index is 12.8. The van der Waals surface area contributed by atoms with Gasteiger partial charge in [-0.1, -0.05) is 60.1 Å². The summed E-state index contributed by atoms with van der Waals surface area (Å²) in [5.41, 5.74) is 2.35. The normalized spacial score (nSPS) is 16.4. The summed E-state index contributed by atoms with van der Waals surface area (Å²) in [7, 11) is -1.44. The van der Waals surface area contributed by atoms with Gasteiger partial charge in [-0.3, -0.25) is 4.79 Å². The van der Waals surface area contributed by atoms with Gasteiger partial charge in [-0.2, -0.15) is 0 Å². The molecule has 1 saturated heterocycles. The van der Waals surface area contributed by atoms with Crippen molar-refractivity contribution in [3.63, 3.8) is 0 Å². The number of carbonyl (C=O) groups excluding carboxylic acids is 3. The van der Waals surface area contributed by atoms with E-state index in [9.17, 15) is 14.4 Å². The highest BCUT2D eigenvalue weighted by atomic mass is 35.5. The van der Waals surface area contributed by atoms with Crippen LogP contribution in [0.3, 0.4) is 0 Å². The van der Waals surface area contributed by atoms with Crippen LogP contribution < -0.4 is 10.6 Å². The second kappa shape index (κ2) is 14.1. The summed E-state index contributed by atoms with van der Waals surface area (Å²) in [4.78, 5) is 38.9. The zero-order valence-corrected chi connectivity index (χ0v) is 25.0. The predicted octanol–water partition coefficient (Wildman–Crippen LogP) is 7.16. The van der Waals surface area contributed by atoms with Gasteiger partial charge < -0.3 is 23.8 Å². The molecule has 8 nitrogen and oxygen atoms in total. The minimum Gasteiger partial charge on any atom is -0.462 e. The van der Waals surface area contributed by atoms with Gasteiger partial charge in [0.2, 0.25) is 8.38 Å². The number of ether oxygens (including phenoxy) is 2. The van der Waals surface area contributed by atoms with E-state index in [0.29, 0.717) is 28.4 Å². The van der Waals surface area contributed by atoms with Crippen LogP contribution in [0, 0.1) is 0 Å². The van der Waals surface area contributed by atoms with Crippen LogP contribution >= 0.6 is 31.3 Å². The Balaban J connectivity index is 1.22. The molecule has 1 amide bonds. The van der Waals surface area contributed by atoms with Gasteiger partial charge in [-0.15, -0.1) is 11.3 Å². The quantitative estimate of drug-likeness (QED) is 0.156. The molecule has 2 unspecified atom stereocenters. The number of nitrogens with one attached hydrogen (secondary N) is 1. The second-order valence-electron chi connectivity index (χ2n) is 9.14. The number of amides is 1. The van der Waals surface area contributed by atoms with Crippen LogP contribution in [0.2, 0.25) is 5.02 Å². The molecule has 1 aliphatic rings. The van der Waals surface area contributed by atoms with Crippen LogP contribution in [0.5, 0.6) is 0 Å². The third-order valence-corrected chi connectivity index (χ3v) is 9.10. The van der Waals surface area contributed by atoms with Gasteiger partial charge in [0.05, 0.1) is 30.4 Å². The first kappa shape index (κ1) is 29.9. The largest absolute Gasteiger partial charge is 0.462 e. The smallest absolute Gasteiger partial charge is 0.341 e. The minimum atomic E-state index is -1.44. The number of halogens is 1. The number of thiophene rings is 1. The Morgan fingerprint density at radius 2 is 1.79 bits per heavy atom. The van der Waals surface area contributed by atoms with Crippen molar-refractivity contribution in [2.45, 2.75) is 19.4 Å². The van der Waals surface area contributed by atoms with Crippen molar-refractivity contribution in [2.24, 2.45) is 0 Å². The van der Waals surface area contributed by atoms with Crippen LogP contribution in [0.15, 0.2) is 84.9 Å². The van der Waals surface area contributed by atoms with Gasteiger partial charge in [0.15, 0.2) is 6.61 Å². The Kier molecular flexibility index (Phi) is 10.00. The van der Waals surface area contributed by atoms with Crippen molar-refractivity contribution in [1.82, 2.24) is 0 Å². The van der Waals surface area contributed by atoms with Crippen LogP contribution in [0.4, 0.5) is 5.00 Å².